The molecule has 1 aromatic rings. The summed E-state index contributed by atoms with van der Waals surface area (Å²) in [4.78, 5) is 11.4. The minimum Gasteiger partial charge on any atom is -0.323 e. The number of carbonyl (C=O) groups excluding carboxylic acids is 1. The van der Waals surface area contributed by atoms with Crippen molar-refractivity contribution in [2.75, 3.05) is 11.2 Å². The van der Waals surface area contributed by atoms with Gasteiger partial charge in [-0.2, -0.15) is 0 Å². The molecule has 4 heteroatoms. The second-order valence-corrected chi connectivity index (χ2v) is 3.79. The topological polar surface area (TPSA) is 29.1 Å². The van der Waals surface area contributed by atoms with Gasteiger partial charge in [0.15, 0.2) is 0 Å². The predicted molar refractivity (Wildman–Crippen MR) is 59.7 cm³/mol. The number of rotatable bonds is 3. The van der Waals surface area contributed by atoms with Crippen molar-refractivity contribution in [3.8, 4) is 0 Å². The maximum absolute atomic E-state index is 13.5. The summed E-state index contributed by atoms with van der Waals surface area (Å²) in [6.45, 7) is 3.34. The van der Waals surface area contributed by atoms with Crippen LogP contribution in [0.2, 0.25) is 0 Å². The highest BCUT2D eigenvalue weighted by atomic mass is 35.5. The maximum atomic E-state index is 13.5. The number of anilines is 1. The summed E-state index contributed by atoms with van der Waals surface area (Å²) in [7, 11) is 0. The zero-order valence-electron chi connectivity index (χ0n) is 8.68. The van der Waals surface area contributed by atoms with Crippen LogP contribution in [0.15, 0.2) is 18.2 Å². The Hall–Kier alpha value is -1.09. The number of carbonyl (C=O) groups is 1. The number of halogens is 2. The maximum Gasteiger partial charge on any atom is 0.228 e. The van der Waals surface area contributed by atoms with E-state index >= 15 is 0 Å². The highest BCUT2D eigenvalue weighted by Gasteiger charge is 2.13. The third kappa shape index (κ3) is 2.93. The Kier molecular flexibility index (Phi) is 4.09. The smallest absolute Gasteiger partial charge is 0.228 e. The van der Waals surface area contributed by atoms with E-state index in [2.05, 4.69) is 5.32 Å². The van der Waals surface area contributed by atoms with E-state index in [1.54, 1.807) is 26.0 Å². The molecule has 2 nitrogen and oxygen atoms in total. The second-order valence-electron chi connectivity index (χ2n) is 3.48. The molecule has 1 atom stereocenters. The Morgan fingerprint density at radius 1 is 1.60 bits per heavy atom. The number of amides is 1. The van der Waals surface area contributed by atoms with Crippen LogP contribution in [0.25, 0.3) is 0 Å². The summed E-state index contributed by atoms with van der Waals surface area (Å²) in [6, 6.07) is 4.87. The van der Waals surface area contributed by atoms with Gasteiger partial charge in [0.2, 0.25) is 5.91 Å². The first-order chi connectivity index (χ1) is 7.06. The molecule has 1 rings (SSSR count). The molecular formula is C11H13ClFNO. The summed E-state index contributed by atoms with van der Waals surface area (Å²) >= 11 is 5.53. The highest BCUT2D eigenvalue weighted by molar-refractivity contribution is 6.19. The van der Waals surface area contributed by atoms with Crippen molar-refractivity contribution in [3.63, 3.8) is 0 Å². The first-order valence-corrected chi connectivity index (χ1v) is 5.21. The zero-order chi connectivity index (χ0) is 11.4. The lowest BCUT2D eigenvalue weighted by atomic mass is 10.1. The quantitative estimate of drug-likeness (QED) is 0.794. The second kappa shape index (κ2) is 5.12. The largest absolute Gasteiger partial charge is 0.323 e. The van der Waals surface area contributed by atoms with Gasteiger partial charge in [0, 0.05) is 11.8 Å². The molecule has 1 amide bonds. The first kappa shape index (κ1) is 12.0. The van der Waals surface area contributed by atoms with E-state index < -0.39 is 5.82 Å². The minimum absolute atomic E-state index is 0.206. The molecule has 0 aliphatic rings. The Morgan fingerprint density at radius 2 is 2.27 bits per heavy atom. The van der Waals surface area contributed by atoms with Crippen LogP contribution in [-0.4, -0.2) is 11.8 Å². The first-order valence-electron chi connectivity index (χ1n) is 4.68. The van der Waals surface area contributed by atoms with Crippen LogP contribution in [0.1, 0.15) is 12.5 Å². The van der Waals surface area contributed by atoms with Crippen molar-refractivity contribution in [2.24, 2.45) is 5.92 Å². The highest BCUT2D eigenvalue weighted by Crippen LogP contribution is 2.17. The summed E-state index contributed by atoms with van der Waals surface area (Å²) in [6.07, 6.45) is 0. The lowest BCUT2D eigenvalue weighted by Gasteiger charge is -2.10. The molecule has 0 saturated carbocycles. The van der Waals surface area contributed by atoms with E-state index in [1.165, 1.54) is 6.07 Å². The van der Waals surface area contributed by atoms with Crippen molar-refractivity contribution >= 4 is 23.2 Å². The van der Waals surface area contributed by atoms with Crippen LogP contribution in [0.4, 0.5) is 10.1 Å². The van der Waals surface area contributed by atoms with E-state index in [4.69, 9.17) is 11.6 Å². The molecule has 1 N–H and O–H groups in total. The van der Waals surface area contributed by atoms with E-state index in [0.29, 0.717) is 5.56 Å². The van der Waals surface area contributed by atoms with Crippen LogP contribution < -0.4 is 5.32 Å². The van der Waals surface area contributed by atoms with Crippen LogP contribution in [0.5, 0.6) is 0 Å². The van der Waals surface area contributed by atoms with Crippen molar-refractivity contribution in [3.05, 3.63) is 29.6 Å². The molecule has 1 unspecified atom stereocenters. The van der Waals surface area contributed by atoms with Gasteiger partial charge in [0.25, 0.3) is 0 Å². The standard InChI is InChI=1S/C11H13ClFNO/c1-7-4-3-5-9(10(7)13)14-11(15)8(2)6-12/h3-5,8H,6H2,1-2H3,(H,14,15). The van der Waals surface area contributed by atoms with Gasteiger partial charge in [-0.05, 0) is 18.6 Å². The van der Waals surface area contributed by atoms with Gasteiger partial charge in [-0.3, -0.25) is 4.79 Å². The fraction of sp³-hybridized carbons (Fsp3) is 0.364. The van der Waals surface area contributed by atoms with Crippen molar-refractivity contribution in [1.29, 1.82) is 0 Å². The zero-order valence-corrected chi connectivity index (χ0v) is 9.44. The number of hydrogen-bond acceptors (Lipinski definition) is 1. The molecule has 0 saturated heterocycles. The summed E-state index contributed by atoms with van der Waals surface area (Å²) < 4.78 is 13.5. The SMILES string of the molecule is Cc1cccc(NC(=O)C(C)CCl)c1F. The van der Waals surface area contributed by atoms with E-state index in [1.807, 2.05) is 0 Å². The van der Waals surface area contributed by atoms with Crippen LogP contribution in [0.3, 0.4) is 0 Å². The number of nitrogens with one attached hydrogen (secondary N) is 1. The van der Waals surface area contributed by atoms with Crippen molar-refractivity contribution in [2.45, 2.75) is 13.8 Å². The molecule has 15 heavy (non-hydrogen) atoms. The minimum atomic E-state index is -0.396. The molecular weight excluding hydrogens is 217 g/mol. The predicted octanol–water partition coefficient (Wildman–Crippen LogP) is 2.95. The fourth-order valence-corrected chi connectivity index (χ4v) is 1.21. The summed E-state index contributed by atoms with van der Waals surface area (Å²) in [5.74, 6) is -0.770. The van der Waals surface area contributed by atoms with Crippen LogP contribution >= 0.6 is 11.6 Å². The molecule has 82 valence electrons. The Balaban J connectivity index is 2.81. The van der Waals surface area contributed by atoms with Gasteiger partial charge < -0.3 is 5.32 Å². The van der Waals surface area contributed by atoms with E-state index in [9.17, 15) is 9.18 Å². The Morgan fingerprint density at radius 3 is 2.87 bits per heavy atom. The molecule has 0 spiro atoms. The average Bonchev–Trinajstić information content (AvgIpc) is 2.23. The van der Waals surface area contributed by atoms with Crippen LogP contribution in [-0.2, 0) is 4.79 Å². The monoisotopic (exact) mass is 229 g/mol. The number of aryl methyl sites for hydroxylation is 1. The molecule has 0 aromatic heterocycles. The Bertz CT molecular complexity index is 368. The van der Waals surface area contributed by atoms with E-state index in [0.717, 1.165) is 0 Å². The summed E-state index contributed by atoms with van der Waals surface area (Å²) in [5, 5.41) is 2.50. The number of hydrogen-bond donors (Lipinski definition) is 1. The molecule has 0 heterocycles. The van der Waals surface area contributed by atoms with Gasteiger partial charge >= 0.3 is 0 Å². The van der Waals surface area contributed by atoms with E-state index in [-0.39, 0.29) is 23.4 Å². The van der Waals surface area contributed by atoms with Gasteiger partial charge in [0.1, 0.15) is 5.82 Å². The van der Waals surface area contributed by atoms with Gasteiger partial charge in [0.05, 0.1) is 5.69 Å². The molecule has 0 aliphatic heterocycles. The molecule has 0 aliphatic carbocycles. The van der Waals surface area contributed by atoms with Crippen molar-refractivity contribution < 1.29 is 9.18 Å². The normalized spacial score (nSPS) is 12.3. The molecule has 0 radical (unpaired) electrons. The lowest BCUT2D eigenvalue weighted by molar-refractivity contribution is -0.118. The third-order valence-electron chi connectivity index (χ3n) is 2.13. The van der Waals surface area contributed by atoms with Gasteiger partial charge in [-0.1, -0.05) is 19.1 Å². The number of alkyl halides is 1. The number of benzene rings is 1. The molecule has 0 bridgehead atoms. The van der Waals surface area contributed by atoms with Gasteiger partial charge in [-0.25, -0.2) is 4.39 Å². The fourth-order valence-electron chi connectivity index (χ4n) is 1.07. The van der Waals surface area contributed by atoms with Crippen molar-refractivity contribution in [1.82, 2.24) is 0 Å². The average molecular weight is 230 g/mol. The van der Waals surface area contributed by atoms with Gasteiger partial charge in [-0.15, -0.1) is 11.6 Å². The van der Waals surface area contributed by atoms with Crippen LogP contribution in [0, 0.1) is 18.7 Å². The lowest BCUT2D eigenvalue weighted by Crippen LogP contribution is -2.22. The Labute approximate surface area is 93.4 Å². The molecule has 1 aromatic carbocycles. The molecule has 0 fully saturated rings. The summed E-state index contributed by atoms with van der Waals surface area (Å²) in [5.41, 5.74) is 0.711. The third-order valence-corrected chi connectivity index (χ3v) is 2.59.